The maximum Gasteiger partial charge on any atom is 0.0237 e. The average molecular weight is 244 g/mol. The van der Waals surface area contributed by atoms with E-state index in [9.17, 15) is 0 Å². The number of hydrogen-bond donors (Lipinski definition) is 1. The molecule has 1 aromatic rings. The van der Waals surface area contributed by atoms with Gasteiger partial charge in [-0.1, -0.05) is 23.8 Å². The smallest absolute Gasteiger partial charge is 0.0237 e. The molecule has 2 unspecified atom stereocenters. The molecule has 0 amide bonds. The van der Waals surface area contributed by atoms with Gasteiger partial charge in [-0.2, -0.15) is 0 Å². The number of benzene rings is 1. The summed E-state index contributed by atoms with van der Waals surface area (Å²) in [6.45, 7) is 8.02. The van der Waals surface area contributed by atoms with Crippen molar-refractivity contribution in [3.05, 3.63) is 34.9 Å². The van der Waals surface area contributed by atoms with Gasteiger partial charge in [0.2, 0.25) is 0 Å². The first-order valence-corrected chi connectivity index (χ1v) is 7.25. The molecule has 0 aliphatic carbocycles. The van der Waals surface area contributed by atoms with E-state index in [1.54, 1.807) is 0 Å². The van der Waals surface area contributed by atoms with Crippen LogP contribution in [0.2, 0.25) is 0 Å². The lowest BCUT2D eigenvalue weighted by Crippen LogP contribution is -2.35. The van der Waals surface area contributed by atoms with Crippen molar-refractivity contribution in [3.63, 3.8) is 0 Å². The molecule has 18 heavy (non-hydrogen) atoms. The van der Waals surface area contributed by atoms with Crippen molar-refractivity contribution in [2.24, 2.45) is 0 Å². The Labute approximate surface area is 110 Å². The van der Waals surface area contributed by atoms with Gasteiger partial charge < -0.3 is 5.32 Å². The van der Waals surface area contributed by atoms with Crippen molar-refractivity contribution in [3.8, 4) is 0 Å². The first-order valence-electron chi connectivity index (χ1n) is 7.25. The lowest BCUT2D eigenvalue weighted by molar-refractivity contribution is 0.250. The summed E-state index contributed by atoms with van der Waals surface area (Å²) in [5, 5.41) is 3.75. The van der Waals surface area contributed by atoms with Crippen LogP contribution in [0.5, 0.6) is 0 Å². The van der Waals surface area contributed by atoms with E-state index in [2.05, 4.69) is 42.3 Å². The molecule has 2 nitrogen and oxygen atoms in total. The highest BCUT2D eigenvalue weighted by molar-refractivity contribution is 5.30. The standard InChI is InChI=1S/C16H24N2/c1-12-3-4-13(2)14(9-12)10-18-8-7-15-5-6-16(11-18)17-15/h3-4,9,15-17H,5-8,10-11H2,1-2H3. The first-order chi connectivity index (χ1) is 8.70. The quantitative estimate of drug-likeness (QED) is 0.860. The lowest BCUT2D eigenvalue weighted by atomic mass is 10.0. The van der Waals surface area contributed by atoms with E-state index in [0.29, 0.717) is 0 Å². The Balaban J connectivity index is 1.70. The normalized spacial score (nSPS) is 28.3. The van der Waals surface area contributed by atoms with E-state index in [-0.39, 0.29) is 0 Å². The van der Waals surface area contributed by atoms with E-state index < -0.39 is 0 Å². The molecule has 2 fully saturated rings. The average Bonchev–Trinajstić information content (AvgIpc) is 2.67. The third-order valence-electron chi connectivity index (χ3n) is 4.51. The predicted molar refractivity (Wildman–Crippen MR) is 75.8 cm³/mol. The topological polar surface area (TPSA) is 15.3 Å². The summed E-state index contributed by atoms with van der Waals surface area (Å²) < 4.78 is 0. The third-order valence-corrected chi connectivity index (χ3v) is 4.51. The summed E-state index contributed by atoms with van der Waals surface area (Å²) in [6, 6.07) is 8.35. The van der Waals surface area contributed by atoms with E-state index in [1.807, 2.05) is 0 Å². The van der Waals surface area contributed by atoms with Gasteiger partial charge in [0.25, 0.3) is 0 Å². The number of rotatable bonds is 2. The zero-order valence-corrected chi connectivity index (χ0v) is 11.6. The highest BCUT2D eigenvalue weighted by Gasteiger charge is 2.29. The zero-order valence-electron chi connectivity index (χ0n) is 11.6. The molecule has 2 aliphatic heterocycles. The highest BCUT2D eigenvalue weighted by atomic mass is 15.2. The van der Waals surface area contributed by atoms with Crippen LogP contribution in [-0.4, -0.2) is 30.1 Å². The maximum absolute atomic E-state index is 3.75. The number of nitrogens with one attached hydrogen (secondary N) is 1. The van der Waals surface area contributed by atoms with Crippen molar-refractivity contribution >= 4 is 0 Å². The molecule has 1 aromatic carbocycles. The largest absolute Gasteiger partial charge is 0.310 e. The molecular formula is C16H24N2. The number of hydrogen-bond acceptors (Lipinski definition) is 2. The first kappa shape index (κ1) is 12.2. The van der Waals surface area contributed by atoms with Crippen LogP contribution in [-0.2, 0) is 6.54 Å². The summed E-state index contributed by atoms with van der Waals surface area (Å²) >= 11 is 0. The van der Waals surface area contributed by atoms with Crippen LogP contribution in [0, 0.1) is 13.8 Å². The summed E-state index contributed by atoms with van der Waals surface area (Å²) in [7, 11) is 0. The second-order valence-electron chi connectivity index (χ2n) is 6.09. The second kappa shape index (κ2) is 5.02. The van der Waals surface area contributed by atoms with Crippen molar-refractivity contribution in [2.75, 3.05) is 13.1 Å². The summed E-state index contributed by atoms with van der Waals surface area (Å²) in [6.07, 6.45) is 4.08. The molecule has 0 aromatic heterocycles. The van der Waals surface area contributed by atoms with Crippen LogP contribution in [0.15, 0.2) is 18.2 Å². The summed E-state index contributed by atoms with van der Waals surface area (Å²) in [4.78, 5) is 2.64. The van der Waals surface area contributed by atoms with Crippen molar-refractivity contribution in [1.29, 1.82) is 0 Å². The molecule has 2 heterocycles. The van der Waals surface area contributed by atoms with Crippen LogP contribution >= 0.6 is 0 Å². The maximum atomic E-state index is 3.75. The fraction of sp³-hybridized carbons (Fsp3) is 0.625. The SMILES string of the molecule is Cc1ccc(C)c(CN2CCC3CCC(C2)N3)c1. The van der Waals surface area contributed by atoms with Crippen LogP contribution < -0.4 is 5.32 Å². The van der Waals surface area contributed by atoms with Gasteiger partial charge in [0.15, 0.2) is 0 Å². The van der Waals surface area contributed by atoms with Gasteiger partial charge in [0.1, 0.15) is 0 Å². The Kier molecular flexibility index (Phi) is 3.40. The Hall–Kier alpha value is -0.860. The Morgan fingerprint density at radius 1 is 1.17 bits per heavy atom. The van der Waals surface area contributed by atoms with Gasteiger partial charge in [-0.05, 0) is 44.2 Å². The van der Waals surface area contributed by atoms with Gasteiger partial charge in [0, 0.05) is 31.7 Å². The van der Waals surface area contributed by atoms with Gasteiger partial charge in [-0.25, -0.2) is 0 Å². The van der Waals surface area contributed by atoms with Gasteiger partial charge in [0.05, 0.1) is 0 Å². The third kappa shape index (κ3) is 2.60. The molecule has 0 saturated carbocycles. The predicted octanol–water partition coefficient (Wildman–Crippen LogP) is 2.63. The minimum Gasteiger partial charge on any atom is -0.310 e. The molecular weight excluding hydrogens is 220 g/mol. The van der Waals surface area contributed by atoms with Crippen LogP contribution in [0.1, 0.15) is 36.0 Å². The van der Waals surface area contributed by atoms with Crippen LogP contribution in [0.25, 0.3) is 0 Å². The Bertz CT molecular complexity index is 427. The molecule has 2 atom stereocenters. The molecule has 2 bridgehead atoms. The lowest BCUT2D eigenvalue weighted by Gasteiger charge is -2.25. The molecule has 3 rings (SSSR count). The number of aryl methyl sites for hydroxylation is 2. The van der Waals surface area contributed by atoms with Crippen molar-refractivity contribution in [2.45, 2.75) is 51.7 Å². The fourth-order valence-corrected chi connectivity index (χ4v) is 3.37. The highest BCUT2D eigenvalue weighted by Crippen LogP contribution is 2.22. The fourth-order valence-electron chi connectivity index (χ4n) is 3.37. The minimum atomic E-state index is 0.739. The van der Waals surface area contributed by atoms with Crippen molar-refractivity contribution < 1.29 is 0 Å². The Morgan fingerprint density at radius 3 is 2.89 bits per heavy atom. The molecule has 2 aliphatic rings. The molecule has 0 radical (unpaired) electrons. The molecule has 2 heteroatoms. The number of likely N-dealkylation sites (tertiary alicyclic amines) is 1. The minimum absolute atomic E-state index is 0.739. The molecule has 1 N–H and O–H groups in total. The van der Waals surface area contributed by atoms with Gasteiger partial charge in [-0.15, -0.1) is 0 Å². The van der Waals surface area contributed by atoms with Gasteiger partial charge >= 0.3 is 0 Å². The van der Waals surface area contributed by atoms with E-state index in [4.69, 9.17) is 0 Å². The second-order valence-corrected chi connectivity index (χ2v) is 6.09. The molecule has 98 valence electrons. The summed E-state index contributed by atoms with van der Waals surface area (Å²) in [5.41, 5.74) is 4.32. The molecule has 0 spiro atoms. The summed E-state index contributed by atoms with van der Waals surface area (Å²) in [5.74, 6) is 0. The number of nitrogens with zero attached hydrogens (tertiary/aromatic N) is 1. The zero-order chi connectivity index (χ0) is 12.5. The van der Waals surface area contributed by atoms with Crippen molar-refractivity contribution in [1.82, 2.24) is 10.2 Å². The van der Waals surface area contributed by atoms with Crippen LogP contribution in [0.4, 0.5) is 0 Å². The molecule has 2 saturated heterocycles. The van der Waals surface area contributed by atoms with E-state index >= 15 is 0 Å². The van der Waals surface area contributed by atoms with Crippen LogP contribution in [0.3, 0.4) is 0 Å². The van der Waals surface area contributed by atoms with Gasteiger partial charge in [-0.3, -0.25) is 4.90 Å². The number of fused-ring (bicyclic) bond motifs is 2. The monoisotopic (exact) mass is 244 g/mol. The Morgan fingerprint density at radius 2 is 2.00 bits per heavy atom. The van der Waals surface area contributed by atoms with E-state index in [0.717, 1.165) is 18.6 Å². The van der Waals surface area contributed by atoms with E-state index in [1.165, 1.54) is 49.0 Å².